The van der Waals surface area contributed by atoms with Gasteiger partial charge in [0.25, 0.3) is 0 Å². The van der Waals surface area contributed by atoms with E-state index in [9.17, 15) is 0 Å². The largest absolute Gasteiger partial charge is 0.298 e. The Labute approximate surface area is 127 Å². The van der Waals surface area contributed by atoms with Crippen LogP contribution in [0.15, 0.2) is 30.3 Å². The lowest BCUT2D eigenvalue weighted by atomic mass is 9.97. The zero-order chi connectivity index (χ0) is 15.1. The van der Waals surface area contributed by atoms with Crippen molar-refractivity contribution in [3.63, 3.8) is 0 Å². The predicted molar refractivity (Wildman–Crippen MR) is 84.2 cm³/mol. The van der Waals surface area contributed by atoms with E-state index in [4.69, 9.17) is 10.5 Å². The lowest BCUT2D eigenvalue weighted by molar-refractivity contribution is 0.270. The topological polar surface area (TPSA) is 50.8 Å². The Morgan fingerprint density at radius 3 is 2.81 bits per heavy atom. The van der Waals surface area contributed by atoms with E-state index in [1.165, 1.54) is 16.7 Å². The predicted octanol–water partition coefficient (Wildman–Crippen LogP) is 3.53. The van der Waals surface area contributed by atoms with Gasteiger partial charge < -0.3 is 0 Å². The van der Waals surface area contributed by atoms with Crippen molar-refractivity contribution < 1.29 is 0 Å². The van der Waals surface area contributed by atoms with E-state index in [1.54, 1.807) is 0 Å². The highest BCUT2D eigenvalue weighted by Crippen LogP contribution is 2.23. The van der Waals surface area contributed by atoms with Crippen molar-refractivity contribution in [3.05, 3.63) is 41.5 Å². The van der Waals surface area contributed by atoms with Crippen LogP contribution in [0, 0.1) is 35.5 Å². The van der Waals surface area contributed by atoms with Crippen LogP contribution in [0.2, 0.25) is 0 Å². The SMILES string of the molecule is Cc1cccc(C2=CCN(C[C@H](C#N)CCC#N)CC2)c1. The molecular formula is C18H21N3. The van der Waals surface area contributed by atoms with Gasteiger partial charge in [0.2, 0.25) is 0 Å². The molecule has 0 aromatic heterocycles. The quantitative estimate of drug-likeness (QED) is 0.828. The summed E-state index contributed by atoms with van der Waals surface area (Å²) in [6.45, 7) is 4.78. The summed E-state index contributed by atoms with van der Waals surface area (Å²) in [5, 5.41) is 17.8. The first kappa shape index (κ1) is 15.3. The van der Waals surface area contributed by atoms with Crippen LogP contribution in [0.3, 0.4) is 0 Å². The first-order valence-electron chi connectivity index (χ1n) is 7.48. The van der Waals surface area contributed by atoms with E-state index < -0.39 is 0 Å². The third-order valence-corrected chi connectivity index (χ3v) is 3.95. The summed E-state index contributed by atoms with van der Waals surface area (Å²) in [7, 11) is 0. The van der Waals surface area contributed by atoms with E-state index in [0.29, 0.717) is 12.8 Å². The fourth-order valence-corrected chi connectivity index (χ4v) is 2.73. The molecule has 0 fully saturated rings. The average molecular weight is 279 g/mol. The second kappa shape index (κ2) is 7.62. The minimum Gasteiger partial charge on any atom is -0.298 e. The molecule has 1 aliphatic heterocycles. The summed E-state index contributed by atoms with van der Waals surface area (Å²) < 4.78 is 0. The Morgan fingerprint density at radius 1 is 1.33 bits per heavy atom. The standard InChI is InChI=1S/C18H21N3/c1-15-4-2-6-18(12-15)17-7-10-21(11-8-17)14-16(13-20)5-3-9-19/h2,4,6-7,12,16H,3,5,8,10-11,14H2,1H3/t16-/m0/s1. The van der Waals surface area contributed by atoms with Gasteiger partial charge in [0, 0.05) is 26.1 Å². The molecule has 0 bridgehead atoms. The van der Waals surface area contributed by atoms with E-state index >= 15 is 0 Å². The molecule has 1 atom stereocenters. The van der Waals surface area contributed by atoms with Crippen molar-refractivity contribution >= 4 is 5.57 Å². The Kier molecular flexibility index (Phi) is 5.55. The van der Waals surface area contributed by atoms with Gasteiger partial charge in [-0.3, -0.25) is 4.90 Å². The van der Waals surface area contributed by atoms with Gasteiger partial charge in [-0.05, 0) is 30.9 Å². The van der Waals surface area contributed by atoms with Gasteiger partial charge in [0.05, 0.1) is 18.1 Å². The molecule has 1 aromatic rings. The van der Waals surface area contributed by atoms with Crippen LogP contribution in [-0.2, 0) is 0 Å². The normalized spacial score (nSPS) is 16.6. The number of hydrogen-bond donors (Lipinski definition) is 0. The van der Waals surface area contributed by atoms with Gasteiger partial charge in [0.1, 0.15) is 0 Å². The third-order valence-electron chi connectivity index (χ3n) is 3.95. The number of rotatable bonds is 5. The Morgan fingerprint density at radius 2 is 2.19 bits per heavy atom. The van der Waals surface area contributed by atoms with Crippen LogP contribution in [-0.4, -0.2) is 24.5 Å². The Hall–Kier alpha value is -2.10. The molecule has 1 aliphatic rings. The lowest BCUT2D eigenvalue weighted by Gasteiger charge is -2.28. The van der Waals surface area contributed by atoms with Gasteiger partial charge in [-0.25, -0.2) is 0 Å². The number of benzene rings is 1. The number of aryl methyl sites for hydroxylation is 1. The van der Waals surface area contributed by atoms with Gasteiger partial charge in [-0.1, -0.05) is 35.9 Å². The molecule has 21 heavy (non-hydrogen) atoms. The van der Waals surface area contributed by atoms with Crippen LogP contribution in [0.4, 0.5) is 0 Å². The van der Waals surface area contributed by atoms with Crippen molar-refractivity contribution in [2.45, 2.75) is 26.2 Å². The molecule has 0 amide bonds. The van der Waals surface area contributed by atoms with E-state index in [2.05, 4.69) is 54.3 Å². The summed E-state index contributed by atoms with van der Waals surface area (Å²) in [6.07, 6.45) is 4.45. The molecule has 0 aliphatic carbocycles. The minimum atomic E-state index is -0.0291. The summed E-state index contributed by atoms with van der Waals surface area (Å²) in [6, 6.07) is 13.1. The Bertz CT molecular complexity index is 589. The van der Waals surface area contributed by atoms with Crippen LogP contribution in [0.25, 0.3) is 5.57 Å². The molecule has 0 radical (unpaired) electrons. The van der Waals surface area contributed by atoms with Crippen LogP contribution in [0.5, 0.6) is 0 Å². The fraction of sp³-hybridized carbons (Fsp3) is 0.444. The van der Waals surface area contributed by atoms with Crippen molar-refractivity contribution in [1.82, 2.24) is 4.90 Å². The maximum absolute atomic E-state index is 9.14. The zero-order valence-corrected chi connectivity index (χ0v) is 12.5. The highest BCUT2D eigenvalue weighted by Gasteiger charge is 2.17. The molecule has 1 heterocycles. The summed E-state index contributed by atoms with van der Waals surface area (Å²) >= 11 is 0. The summed E-state index contributed by atoms with van der Waals surface area (Å²) in [4.78, 5) is 2.31. The molecular weight excluding hydrogens is 258 g/mol. The molecule has 0 saturated heterocycles. The molecule has 3 heteroatoms. The van der Waals surface area contributed by atoms with Crippen LogP contribution in [0.1, 0.15) is 30.4 Å². The zero-order valence-electron chi connectivity index (χ0n) is 12.5. The first-order chi connectivity index (χ1) is 10.2. The number of nitrogens with zero attached hydrogens (tertiary/aromatic N) is 3. The summed E-state index contributed by atoms with van der Waals surface area (Å²) in [5.74, 6) is -0.0291. The molecule has 0 unspecified atom stereocenters. The molecule has 1 aromatic carbocycles. The van der Waals surface area contributed by atoms with Crippen molar-refractivity contribution in [2.24, 2.45) is 5.92 Å². The summed E-state index contributed by atoms with van der Waals surface area (Å²) in [5.41, 5.74) is 4.01. The molecule has 0 spiro atoms. The minimum absolute atomic E-state index is 0.0291. The maximum Gasteiger partial charge on any atom is 0.0669 e. The first-order valence-corrected chi connectivity index (χ1v) is 7.48. The van der Waals surface area contributed by atoms with E-state index in [1.807, 2.05) is 0 Å². The van der Waals surface area contributed by atoms with Gasteiger partial charge in [-0.2, -0.15) is 10.5 Å². The average Bonchev–Trinajstić information content (AvgIpc) is 2.52. The smallest absolute Gasteiger partial charge is 0.0669 e. The maximum atomic E-state index is 9.14. The second-order valence-electron chi connectivity index (χ2n) is 5.63. The highest BCUT2D eigenvalue weighted by atomic mass is 15.1. The second-order valence-corrected chi connectivity index (χ2v) is 5.63. The van der Waals surface area contributed by atoms with Crippen molar-refractivity contribution in [2.75, 3.05) is 19.6 Å². The molecule has 3 nitrogen and oxygen atoms in total. The molecule has 0 N–H and O–H groups in total. The molecule has 2 rings (SSSR count). The third kappa shape index (κ3) is 4.45. The molecule has 108 valence electrons. The van der Waals surface area contributed by atoms with Gasteiger partial charge >= 0.3 is 0 Å². The molecule has 0 saturated carbocycles. The van der Waals surface area contributed by atoms with Crippen molar-refractivity contribution in [1.29, 1.82) is 10.5 Å². The van der Waals surface area contributed by atoms with Crippen LogP contribution < -0.4 is 0 Å². The Balaban J connectivity index is 1.93. The lowest BCUT2D eigenvalue weighted by Crippen LogP contribution is -2.33. The van der Waals surface area contributed by atoms with Crippen LogP contribution >= 0.6 is 0 Å². The highest BCUT2D eigenvalue weighted by molar-refractivity contribution is 5.67. The van der Waals surface area contributed by atoms with Gasteiger partial charge in [-0.15, -0.1) is 0 Å². The van der Waals surface area contributed by atoms with Gasteiger partial charge in [0.15, 0.2) is 0 Å². The number of nitriles is 2. The van der Waals surface area contributed by atoms with E-state index in [0.717, 1.165) is 26.1 Å². The van der Waals surface area contributed by atoms with Crippen molar-refractivity contribution in [3.8, 4) is 12.1 Å². The van der Waals surface area contributed by atoms with E-state index in [-0.39, 0.29) is 5.92 Å². The monoisotopic (exact) mass is 279 g/mol. The fourth-order valence-electron chi connectivity index (χ4n) is 2.73. The number of hydrogen-bond acceptors (Lipinski definition) is 3.